The van der Waals surface area contributed by atoms with Crippen LogP contribution in [0, 0.1) is 6.92 Å². The molecule has 0 unspecified atom stereocenters. The van der Waals surface area contributed by atoms with Crippen molar-refractivity contribution in [3.05, 3.63) is 17.5 Å². The summed E-state index contributed by atoms with van der Waals surface area (Å²) in [4.78, 5) is 5.00. The van der Waals surface area contributed by atoms with E-state index in [-0.39, 0.29) is 6.10 Å². The van der Waals surface area contributed by atoms with Crippen molar-refractivity contribution in [2.75, 3.05) is 19.6 Å². The molecule has 2 saturated heterocycles. The van der Waals surface area contributed by atoms with Crippen LogP contribution in [0.3, 0.4) is 0 Å². The first-order valence-electron chi connectivity index (χ1n) is 7.76. The average Bonchev–Trinajstić information content (AvgIpc) is 2.93. The Balaban J connectivity index is 1.69. The first-order chi connectivity index (χ1) is 9.58. The number of hydrogen-bond acceptors (Lipinski definition) is 4. The molecule has 1 aromatic heterocycles. The van der Waals surface area contributed by atoms with Crippen molar-refractivity contribution in [3.63, 3.8) is 0 Å². The monoisotopic (exact) mass is 278 g/mol. The van der Waals surface area contributed by atoms with Gasteiger partial charge in [0.05, 0.1) is 12.3 Å². The summed E-state index contributed by atoms with van der Waals surface area (Å²) < 4.78 is 2.07. The summed E-state index contributed by atoms with van der Waals surface area (Å²) in [6, 6.07) is 1.07. The molecule has 2 fully saturated rings. The van der Waals surface area contributed by atoms with E-state index < -0.39 is 0 Å². The Morgan fingerprint density at radius 1 is 1.35 bits per heavy atom. The predicted octanol–water partition coefficient (Wildman–Crippen LogP) is 0.851. The van der Waals surface area contributed by atoms with Gasteiger partial charge in [-0.05, 0) is 27.2 Å². The van der Waals surface area contributed by atoms with E-state index >= 15 is 0 Å². The van der Waals surface area contributed by atoms with Crippen LogP contribution in [0.5, 0.6) is 0 Å². The molecule has 3 heterocycles. The Labute approximate surface area is 121 Å². The van der Waals surface area contributed by atoms with Crippen LogP contribution in [0.2, 0.25) is 0 Å². The van der Waals surface area contributed by atoms with Gasteiger partial charge >= 0.3 is 0 Å². The molecule has 3 rings (SSSR count). The van der Waals surface area contributed by atoms with E-state index in [2.05, 4.69) is 40.4 Å². The Hall–Kier alpha value is -0.910. The van der Waals surface area contributed by atoms with Gasteiger partial charge in [0, 0.05) is 56.1 Å². The molecule has 0 aromatic carbocycles. The summed E-state index contributed by atoms with van der Waals surface area (Å²) in [7, 11) is 0. The number of aromatic nitrogens is 2. The van der Waals surface area contributed by atoms with Crippen molar-refractivity contribution in [1.82, 2.24) is 19.6 Å². The fraction of sp³-hybridized carbons (Fsp3) is 0.800. The lowest BCUT2D eigenvalue weighted by molar-refractivity contribution is 0.0527. The number of nitrogens with zero attached hydrogens (tertiary/aromatic N) is 4. The van der Waals surface area contributed by atoms with E-state index in [0.717, 1.165) is 39.1 Å². The average molecular weight is 278 g/mol. The van der Waals surface area contributed by atoms with E-state index in [1.54, 1.807) is 0 Å². The molecular weight excluding hydrogens is 252 g/mol. The number of aryl methyl sites for hydroxylation is 1. The summed E-state index contributed by atoms with van der Waals surface area (Å²) in [6.07, 6.45) is 2.81. The number of aliphatic hydroxyl groups is 1. The van der Waals surface area contributed by atoms with Crippen LogP contribution >= 0.6 is 0 Å². The molecule has 5 heteroatoms. The van der Waals surface area contributed by atoms with Crippen LogP contribution < -0.4 is 0 Å². The van der Waals surface area contributed by atoms with Gasteiger partial charge < -0.3 is 5.11 Å². The van der Waals surface area contributed by atoms with E-state index in [1.165, 1.54) is 11.3 Å². The molecule has 0 radical (unpaired) electrons. The van der Waals surface area contributed by atoms with Gasteiger partial charge in [-0.3, -0.25) is 14.5 Å². The molecule has 5 nitrogen and oxygen atoms in total. The standard InChI is InChI=1S/C15H26N4O/c1-4-19-12(3)13(6-16-19)8-17-9-14-5-15(20)10-18(14)7-11(17)2/h6,11,14-15,20H,4-5,7-10H2,1-3H3/t11-,14-,15-/m1/s1. The lowest BCUT2D eigenvalue weighted by Gasteiger charge is -2.42. The lowest BCUT2D eigenvalue weighted by atomic mass is 10.1. The zero-order chi connectivity index (χ0) is 14.3. The van der Waals surface area contributed by atoms with Crippen LogP contribution in [-0.4, -0.2) is 62.5 Å². The molecule has 112 valence electrons. The maximum absolute atomic E-state index is 9.83. The molecule has 0 saturated carbocycles. The van der Waals surface area contributed by atoms with Crippen molar-refractivity contribution >= 4 is 0 Å². The number of fused-ring (bicyclic) bond motifs is 1. The van der Waals surface area contributed by atoms with Crippen molar-refractivity contribution < 1.29 is 5.11 Å². The fourth-order valence-electron chi connectivity index (χ4n) is 3.67. The van der Waals surface area contributed by atoms with Gasteiger partial charge in [0.25, 0.3) is 0 Å². The summed E-state index contributed by atoms with van der Waals surface area (Å²) in [6.45, 7) is 11.5. The molecule has 2 aliphatic heterocycles. The number of piperazine rings is 1. The third-order valence-corrected chi connectivity index (χ3v) is 4.95. The van der Waals surface area contributed by atoms with E-state index in [0.29, 0.717) is 12.1 Å². The van der Waals surface area contributed by atoms with Gasteiger partial charge in [0.2, 0.25) is 0 Å². The van der Waals surface area contributed by atoms with Crippen molar-refractivity contribution in [2.24, 2.45) is 0 Å². The summed E-state index contributed by atoms with van der Waals surface area (Å²) in [5, 5.41) is 14.3. The maximum atomic E-state index is 9.83. The molecule has 2 aliphatic rings. The second-order valence-electron chi connectivity index (χ2n) is 6.35. The Bertz CT molecular complexity index is 472. The Kier molecular flexibility index (Phi) is 3.84. The molecule has 1 aromatic rings. The highest BCUT2D eigenvalue weighted by Crippen LogP contribution is 2.26. The molecule has 0 spiro atoms. The second-order valence-corrected chi connectivity index (χ2v) is 6.35. The fourth-order valence-corrected chi connectivity index (χ4v) is 3.67. The van der Waals surface area contributed by atoms with Crippen LogP contribution in [0.1, 0.15) is 31.5 Å². The quantitative estimate of drug-likeness (QED) is 0.890. The van der Waals surface area contributed by atoms with Crippen molar-refractivity contribution in [2.45, 2.75) is 58.5 Å². The van der Waals surface area contributed by atoms with E-state index in [4.69, 9.17) is 0 Å². The highest BCUT2D eigenvalue weighted by atomic mass is 16.3. The van der Waals surface area contributed by atoms with Crippen LogP contribution in [0.15, 0.2) is 6.20 Å². The first-order valence-corrected chi connectivity index (χ1v) is 7.76. The third-order valence-electron chi connectivity index (χ3n) is 4.95. The highest BCUT2D eigenvalue weighted by molar-refractivity contribution is 5.16. The number of hydrogen-bond donors (Lipinski definition) is 1. The summed E-state index contributed by atoms with van der Waals surface area (Å²) in [5.74, 6) is 0. The molecule has 20 heavy (non-hydrogen) atoms. The van der Waals surface area contributed by atoms with Gasteiger partial charge in [0.15, 0.2) is 0 Å². The molecule has 0 aliphatic carbocycles. The first kappa shape index (κ1) is 14.0. The molecule has 3 atom stereocenters. The number of rotatable bonds is 3. The third kappa shape index (κ3) is 2.50. The smallest absolute Gasteiger partial charge is 0.0682 e. The van der Waals surface area contributed by atoms with Crippen LogP contribution in [0.4, 0.5) is 0 Å². The van der Waals surface area contributed by atoms with Gasteiger partial charge in [0.1, 0.15) is 0 Å². The second kappa shape index (κ2) is 5.47. The molecule has 0 amide bonds. The summed E-state index contributed by atoms with van der Waals surface area (Å²) in [5.41, 5.74) is 2.62. The SMILES string of the molecule is CCn1ncc(CN2C[C@H]3C[C@@H](O)CN3C[C@H]2C)c1C. The summed E-state index contributed by atoms with van der Waals surface area (Å²) >= 11 is 0. The van der Waals surface area contributed by atoms with E-state index in [9.17, 15) is 5.11 Å². The highest BCUT2D eigenvalue weighted by Gasteiger charge is 2.38. The Morgan fingerprint density at radius 2 is 2.15 bits per heavy atom. The zero-order valence-electron chi connectivity index (χ0n) is 12.8. The van der Waals surface area contributed by atoms with Crippen molar-refractivity contribution in [1.29, 1.82) is 0 Å². The molecule has 0 bridgehead atoms. The number of aliphatic hydroxyl groups excluding tert-OH is 1. The van der Waals surface area contributed by atoms with Crippen molar-refractivity contribution in [3.8, 4) is 0 Å². The van der Waals surface area contributed by atoms with Gasteiger partial charge in [-0.15, -0.1) is 0 Å². The maximum Gasteiger partial charge on any atom is 0.0682 e. The zero-order valence-corrected chi connectivity index (χ0v) is 12.8. The lowest BCUT2D eigenvalue weighted by Crippen LogP contribution is -2.54. The van der Waals surface area contributed by atoms with Crippen LogP contribution in [-0.2, 0) is 13.1 Å². The minimum absolute atomic E-state index is 0.128. The van der Waals surface area contributed by atoms with Gasteiger partial charge in [-0.25, -0.2) is 0 Å². The predicted molar refractivity (Wildman–Crippen MR) is 78.5 cm³/mol. The largest absolute Gasteiger partial charge is 0.392 e. The van der Waals surface area contributed by atoms with Gasteiger partial charge in [-0.2, -0.15) is 5.10 Å². The normalized spacial score (nSPS) is 31.7. The minimum Gasteiger partial charge on any atom is -0.392 e. The Morgan fingerprint density at radius 3 is 2.85 bits per heavy atom. The minimum atomic E-state index is -0.128. The van der Waals surface area contributed by atoms with Gasteiger partial charge in [-0.1, -0.05) is 0 Å². The topological polar surface area (TPSA) is 44.5 Å². The van der Waals surface area contributed by atoms with Crippen LogP contribution in [0.25, 0.3) is 0 Å². The van der Waals surface area contributed by atoms with E-state index in [1.807, 2.05) is 6.20 Å². The molecular formula is C15H26N4O. The molecule has 1 N–H and O–H groups in total.